The first-order valence-corrected chi connectivity index (χ1v) is 6.28. The van der Waals surface area contributed by atoms with Crippen molar-refractivity contribution in [3.63, 3.8) is 0 Å². The van der Waals surface area contributed by atoms with Crippen molar-refractivity contribution >= 4 is 0 Å². The normalized spacial score (nSPS) is 12.4. The molecule has 1 atom stereocenters. The van der Waals surface area contributed by atoms with Crippen LogP contribution in [0.4, 0.5) is 4.39 Å². The van der Waals surface area contributed by atoms with E-state index in [1.54, 1.807) is 24.7 Å². The van der Waals surface area contributed by atoms with Crippen LogP contribution in [0.25, 0.3) is 0 Å². The summed E-state index contributed by atoms with van der Waals surface area (Å²) < 4.78 is 21.3. The van der Waals surface area contributed by atoms with Crippen molar-refractivity contribution < 1.29 is 9.13 Å². The number of benzene rings is 1. The molecule has 0 saturated heterocycles. The molecule has 2 N–H and O–H groups in total. The number of hydrogen-bond acceptors (Lipinski definition) is 3. The fourth-order valence-electron chi connectivity index (χ4n) is 1.82. The molecule has 0 spiro atoms. The van der Waals surface area contributed by atoms with E-state index in [9.17, 15) is 4.39 Å². The van der Waals surface area contributed by atoms with Crippen LogP contribution in [-0.4, -0.2) is 9.55 Å². The molecule has 0 bridgehead atoms. The minimum absolute atomic E-state index is 0.190. The van der Waals surface area contributed by atoms with E-state index in [4.69, 9.17) is 10.5 Å². The number of imidazole rings is 1. The fourth-order valence-corrected chi connectivity index (χ4v) is 1.82. The lowest BCUT2D eigenvalue weighted by Gasteiger charge is -2.11. The van der Waals surface area contributed by atoms with E-state index >= 15 is 0 Å². The monoisotopic (exact) mass is 263 g/mol. The van der Waals surface area contributed by atoms with Gasteiger partial charge in [0.2, 0.25) is 0 Å². The Balaban J connectivity index is 2.08. The molecule has 4 nitrogen and oxygen atoms in total. The van der Waals surface area contributed by atoms with Gasteiger partial charge in [-0.25, -0.2) is 9.37 Å². The topological polar surface area (TPSA) is 53.1 Å². The number of nitrogens with two attached hydrogens (primary N) is 1. The zero-order valence-electron chi connectivity index (χ0n) is 11.1. The van der Waals surface area contributed by atoms with Crippen LogP contribution in [0.5, 0.6) is 5.75 Å². The maximum atomic E-state index is 13.8. The Hall–Kier alpha value is -1.88. The second-order valence-corrected chi connectivity index (χ2v) is 4.44. The second-order valence-electron chi connectivity index (χ2n) is 4.44. The van der Waals surface area contributed by atoms with Crippen LogP contribution >= 0.6 is 0 Å². The Morgan fingerprint density at radius 1 is 1.47 bits per heavy atom. The Kier molecular flexibility index (Phi) is 4.16. The number of aryl methyl sites for hydroxylation is 1. The molecule has 0 aliphatic rings. The summed E-state index contributed by atoms with van der Waals surface area (Å²) in [5, 5.41) is 0. The molecule has 0 fully saturated rings. The molecule has 0 saturated carbocycles. The van der Waals surface area contributed by atoms with Gasteiger partial charge in [-0.05, 0) is 31.5 Å². The number of nitrogens with zero attached hydrogens (tertiary/aromatic N) is 2. The Morgan fingerprint density at radius 3 is 2.89 bits per heavy atom. The maximum Gasteiger partial charge on any atom is 0.165 e. The van der Waals surface area contributed by atoms with Gasteiger partial charge in [-0.2, -0.15) is 0 Å². The molecule has 1 aromatic heterocycles. The van der Waals surface area contributed by atoms with Crippen molar-refractivity contribution in [1.29, 1.82) is 0 Å². The number of rotatable bonds is 5. The van der Waals surface area contributed by atoms with E-state index < -0.39 is 5.82 Å². The van der Waals surface area contributed by atoms with Gasteiger partial charge in [-0.1, -0.05) is 6.07 Å². The molecule has 1 heterocycles. The van der Waals surface area contributed by atoms with E-state index in [1.807, 2.05) is 18.4 Å². The highest BCUT2D eigenvalue weighted by Crippen LogP contribution is 2.22. The molecule has 0 radical (unpaired) electrons. The summed E-state index contributed by atoms with van der Waals surface area (Å²) in [6.07, 6.45) is 3.45. The van der Waals surface area contributed by atoms with E-state index in [0.29, 0.717) is 6.61 Å². The highest BCUT2D eigenvalue weighted by atomic mass is 19.1. The van der Waals surface area contributed by atoms with Gasteiger partial charge in [0, 0.05) is 12.6 Å². The van der Waals surface area contributed by atoms with Gasteiger partial charge in [-0.15, -0.1) is 0 Å². The Labute approximate surface area is 112 Å². The largest absolute Gasteiger partial charge is 0.484 e. The predicted molar refractivity (Wildman–Crippen MR) is 71.2 cm³/mol. The summed E-state index contributed by atoms with van der Waals surface area (Å²) in [4.78, 5) is 4.04. The smallest absolute Gasteiger partial charge is 0.165 e. The highest BCUT2D eigenvalue weighted by Gasteiger charge is 2.08. The second kappa shape index (κ2) is 5.84. The average molecular weight is 263 g/mol. The summed E-state index contributed by atoms with van der Waals surface area (Å²) in [6.45, 7) is 4.94. The first-order chi connectivity index (χ1) is 9.11. The molecular weight excluding hydrogens is 245 g/mol. The number of hydrogen-bond donors (Lipinski definition) is 1. The van der Waals surface area contributed by atoms with E-state index in [1.165, 1.54) is 6.07 Å². The van der Waals surface area contributed by atoms with Crippen molar-refractivity contribution in [1.82, 2.24) is 9.55 Å². The fraction of sp³-hybridized carbons (Fsp3) is 0.357. The molecule has 1 aromatic carbocycles. The third-order valence-electron chi connectivity index (χ3n) is 3.00. The van der Waals surface area contributed by atoms with Crippen LogP contribution < -0.4 is 10.5 Å². The van der Waals surface area contributed by atoms with Gasteiger partial charge in [0.15, 0.2) is 11.6 Å². The Bertz CT molecular complexity index is 551. The predicted octanol–water partition coefficient (Wildman–Crippen LogP) is 2.64. The lowest BCUT2D eigenvalue weighted by atomic mass is 10.1. The van der Waals surface area contributed by atoms with Gasteiger partial charge < -0.3 is 15.0 Å². The van der Waals surface area contributed by atoms with Crippen LogP contribution in [0, 0.1) is 5.82 Å². The minimum atomic E-state index is -0.391. The SMILES string of the molecule is CCn1cncc1COc1ccc([C@H](C)N)cc1F. The number of aromatic nitrogens is 2. The van der Waals surface area contributed by atoms with E-state index in [2.05, 4.69) is 4.98 Å². The average Bonchev–Trinajstić information content (AvgIpc) is 2.84. The van der Waals surface area contributed by atoms with Crippen LogP contribution in [0.15, 0.2) is 30.7 Å². The molecule has 5 heteroatoms. The first-order valence-electron chi connectivity index (χ1n) is 6.28. The zero-order valence-corrected chi connectivity index (χ0v) is 11.1. The number of ether oxygens (including phenoxy) is 1. The molecule has 0 unspecified atom stereocenters. The standard InChI is InChI=1S/C14H18FN3O/c1-3-18-9-17-7-12(18)8-19-14-5-4-11(10(2)16)6-13(14)15/h4-7,9-10H,3,8,16H2,1-2H3/t10-/m0/s1. The van der Waals surface area contributed by atoms with Crippen molar-refractivity contribution in [3.05, 3.63) is 47.8 Å². The molecule has 2 aromatic rings. The van der Waals surface area contributed by atoms with Crippen LogP contribution in [0.2, 0.25) is 0 Å². The van der Waals surface area contributed by atoms with Crippen molar-refractivity contribution in [2.75, 3.05) is 0 Å². The van der Waals surface area contributed by atoms with Crippen LogP contribution in [0.1, 0.15) is 31.1 Å². The van der Waals surface area contributed by atoms with Gasteiger partial charge in [0.25, 0.3) is 0 Å². The molecule has 0 amide bonds. The summed E-state index contributed by atoms with van der Waals surface area (Å²) in [7, 11) is 0. The lowest BCUT2D eigenvalue weighted by molar-refractivity contribution is 0.280. The molecular formula is C14H18FN3O. The molecule has 2 rings (SSSR count). The molecule has 19 heavy (non-hydrogen) atoms. The van der Waals surface area contributed by atoms with Gasteiger partial charge in [-0.3, -0.25) is 0 Å². The summed E-state index contributed by atoms with van der Waals surface area (Å²) in [6, 6.07) is 4.61. The third-order valence-corrected chi connectivity index (χ3v) is 3.00. The third kappa shape index (κ3) is 3.12. The zero-order chi connectivity index (χ0) is 13.8. The maximum absolute atomic E-state index is 13.8. The molecule has 102 valence electrons. The summed E-state index contributed by atoms with van der Waals surface area (Å²) in [5.41, 5.74) is 7.37. The minimum Gasteiger partial charge on any atom is -0.484 e. The number of halogens is 1. The van der Waals surface area contributed by atoms with Crippen LogP contribution in [-0.2, 0) is 13.2 Å². The van der Waals surface area contributed by atoms with Crippen molar-refractivity contribution in [3.8, 4) is 5.75 Å². The molecule has 0 aliphatic heterocycles. The van der Waals surface area contributed by atoms with E-state index in [0.717, 1.165) is 17.8 Å². The van der Waals surface area contributed by atoms with Crippen LogP contribution in [0.3, 0.4) is 0 Å². The van der Waals surface area contributed by atoms with E-state index in [-0.39, 0.29) is 11.8 Å². The Morgan fingerprint density at radius 2 is 2.26 bits per heavy atom. The van der Waals surface area contributed by atoms with Gasteiger partial charge in [0.1, 0.15) is 6.61 Å². The van der Waals surface area contributed by atoms with Crippen molar-refractivity contribution in [2.45, 2.75) is 33.0 Å². The van der Waals surface area contributed by atoms with Crippen molar-refractivity contribution in [2.24, 2.45) is 5.73 Å². The summed E-state index contributed by atoms with van der Waals surface area (Å²) in [5.74, 6) is -0.161. The lowest BCUT2D eigenvalue weighted by Crippen LogP contribution is -2.07. The summed E-state index contributed by atoms with van der Waals surface area (Å²) >= 11 is 0. The van der Waals surface area contributed by atoms with Gasteiger partial charge in [0.05, 0.1) is 18.2 Å². The van der Waals surface area contributed by atoms with Gasteiger partial charge >= 0.3 is 0 Å². The quantitative estimate of drug-likeness (QED) is 0.902. The highest BCUT2D eigenvalue weighted by molar-refractivity contribution is 5.30. The molecule has 0 aliphatic carbocycles. The first kappa shape index (κ1) is 13.5.